The van der Waals surface area contributed by atoms with Crippen molar-refractivity contribution in [3.8, 4) is 0 Å². The molecular weight excluding hydrogens is 324 g/mol. The van der Waals surface area contributed by atoms with Gasteiger partial charge in [0.2, 0.25) is 11.8 Å². The van der Waals surface area contributed by atoms with Crippen molar-refractivity contribution in [2.24, 2.45) is 0 Å². The predicted octanol–water partition coefficient (Wildman–Crippen LogP) is 3.20. The van der Waals surface area contributed by atoms with Crippen LogP contribution in [0.25, 0.3) is 10.8 Å². The summed E-state index contributed by atoms with van der Waals surface area (Å²) in [4.78, 5) is 25.7. The summed E-state index contributed by atoms with van der Waals surface area (Å²) in [6.07, 6.45) is 0. The van der Waals surface area contributed by atoms with Gasteiger partial charge in [-0.3, -0.25) is 9.59 Å². The van der Waals surface area contributed by atoms with Crippen LogP contribution in [0.15, 0.2) is 72.8 Å². The average molecular weight is 346 g/mol. The third kappa shape index (κ3) is 3.31. The maximum Gasteiger partial charge on any atom is 0.228 e. The summed E-state index contributed by atoms with van der Waals surface area (Å²) < 4.78 is 0. The Kier molecular flexibility index (Phi) is 5.32. The Hall–Kier alpha value is -3.14. The molecule has 26 heavy (non-hydrogen) atoms. The third-order valence-electron chi connectivity index (χ3n) is 4.71. The van der Waals surface area contributed by atoms with E-state index >= 15 is 0 Å². The van der Waals surface area contributed by atoms with E-state index in [1.807, 2.05) is 72.8 Å². The van der Waals surface area contributed by atoms with Crippen molar-refractivity contribution >= 4 is 22.6 Å². The van der Waals surface area contributed by atoms with Crippen LogP contribution in [0.1, 0.15) is 23.0 Å². The Morgan fingerprint density at radius 3 is 1.96 bits per heavy atom. The van der Waals surface area contributed by atoms with Crippen LogP contribution in [0, 0.1) is 0 Å². The maximum atomic E-state index is 12.9. The molecule has 0 aliphatic carbocycles. The standard InChI is InChI=1S/C22H22N2O2/c1-23-21(25)19(16-10-4-3-5-11-16)20(22(26)24-2)18-14-8-12-15-9-6-7-13-17(15)18/h3-14,19-20H,1-2H3,(H,23,25)(H,24,26). The largest absolute Gasteiger partial charge is 0.359 e. The van der Waals surface area contributed by atoms with Crippen molar-refractivity contribution in [1.82, 2.24) is 10.6 Å². The number of benzene rings is 3. The highest BCUT2D eigenvalue weighted by Gasteiger charge is 2.36. The van der Waals surface area contributed by atoms with E-state index in [2.05, 4.69) is 10.6 Å². The minimum Gasteiger partial charge on any atom is -0.359 e. The molecule has 0 saturated heterocycles. The van der Waals surface area contributed by atoms with Crippen molar-refractivity contribution < 1.29 is 9.59 Å². The van der Waals surface area contributed by atoms with Gasteiger partial charge in [0, 0.05) is 14.1 Å². The van der Waals surface area contributed by atoms with E-state index < -0.39 is 11.8 Å². The van der Waals surface area contributed by atoms with E-state index in [1.54, 1.807) is 14.1 Å². The molecule has 2 N–H and O–H groups in total. The molecule has 0 radical (unpaired) electrons. The average Bonchev–Trinajstić information content (AvgIpc) is 2.71. The summed E-state index contributed by atoms with van der Waals surface area (Å²) in [6.45, 7) is 0. The summed E-state index contributed by atoms with van der Waals surface area (Å²) in [5, 5.41) is 7.48. The zero-order valence-electron chi connectivity index (χ0n) is 14.9. The summed E-state index contributed by atoms with van der Waals surface area (Å²) in [5.74, 6) is -1.61. The van der Waals surface area contributed by atoms with Gasteiger partial charge in [-0.05, 0) is 21.9 Å². The van der Waals surface area contributed by atoms with Crippen molar-refractivity contribution in [2.75, 3.05) is 14.1 Å². The van der Waals surface area contributed by atoms with Gasteiger partial charge in [-0.15, -0.1) is 0 Å². The van der Waals surface area contributed by atoms with Crippen LogP contribution < -0.4 is 10.6 Å². The SMILES string of the molecule is CNC(=O)C(c1ccccc1)C(C(=O)NC)c1cccc2ccccc12. The van der Waals surface area contributed by atoms with Crippen molar-refractivity contribution in [3.63, 3.8) is 0 Å². The molecule has 0 aromatic heterocycles. The van der Waals surface area contributed by atoms with E-state index in [0.717, 1.165) is 21.9 Å². The van der Waals surface area contributed by atoms with Crippen LogP contribution in [0.3, 0.4) is 0 Å². The molecule has 2 unspecified atom stereocenters. The molecule has 0 spiro atoms. The van der Waals surface area contributed by atoms with Gasteiger partial charge in [0.15, 0.2) is 0 Å². The van der Waals surface area contributed by atoms with Gasteiger partial charge in [0.25, 0.3) is 0 Å². The number of likely N-dealkylation sites (N-methyl/N-ethyl adjacent to an activating group) is 2. The topological polar surface area (TPSA) is 58.2 Å². The Morgan fingerprint density at radius 2 is 1.27 bits per heavy atom. The van der Waals surface area contributed by atoms with Gasteiger partial charge >= 0.3 is 0 Å². The molecule has 0 aliphatic rings. The first-order valence-electron chi connectivity index (χ1n) is 8.63. The number of amides is 2. The van der Waals surface area contributed by atoms with Crippen LogP contribution in [-0.4, -0.2) is 25.9 Å². The van der Waals surface area contributed by atoms with Crippen LogP contribution >= 0.6 is 0 Å². The lowest BCUT2D eigenvalue weighted by Gasteiger charge is -2.26. The minimum atomic E-state index is -0.631. The minimum absolute atomic E-state index is 0.182. The third-order valence-corrected chi connectivity index (χ3v) is 4.71. The van der Waals surface area contributed by atoms with Crippen molar-refractivity contribution in [1.29, 1.82) is 0 Å². The van der Waals surface area contributed by atoms with Crippen LogP contribution in [0.2, 0.25) is 0 Å². The highest BCUT2D eigenvalue weighted by atomic mass is 16.2. The summed E-state index contributed by atoms with van der Waals surface area (Å²) in [5.41, 5.74) is 1.66. The summed E-state index contributed by atoms with van der Waals surface area (Å²) in [7, 11) is 3.20. The Balaban J connectivity index is 2.24. The molecule has 3 aromatic carbocycles. The molecule has 0 aliphatic heterocycles. The lowest BCUT2D eigenvalue weighted by Crippen LogP contribution is -2.37. The Bertz CT molecular complexity index is 916. The van der Waals surface area contributed by atoms with Crippen LogP contribution in [0.4, 0.5) is 0 Å². The molecule has 2 atom stereocenters. The monoisotopic (exact) mass is 346 g/mol. The quantitative estimate of drug-likeness (QED) is 0.745. The van der Waals surface area contributed by atoms with Gasteiger partial charge in [-0.25, -0.2) is 0 Å². The van der Waals surface area contributed by atoms with Gasteiger partial charge in [0.05, 0.1) is 11.8 Å². The predicted molar refractivity (Wildman–Crippen MR) is 104 cm³/mol. The molecule has 3 aromatic rings. The number of hydrogen-bond acceptors (Lipinski definition) is 2. The smallest absolute Gasteiger partial charge is 0.228 e. The lowest BCUT2D eigenvalue weighted by atomic mass is 9.78. The Labute approximate surface area is 153 Å². The number of carbonyl (C=O) groups is 2. The van der Waals surface area contributed by atoms with Crippen LogP contribution in [0.5, 0.6) is 0 Å². The number of nitrogens with one attached hydrogen (secondary N) is 2. The lowest BCUT2D eigenvalue weighted by molar-refractivity contribution is -0.128. The zero-order chi connectivity index (χ0) is 18.5. The van der Waals surface area contributed by atoms with Crippen LogP contribution in [-0.2, 0) is 9.59 Å². The van der Waals surface area contributed by atoms with Gasteiger partial charge in [-0.1, -0.05) is 72.8 Å². The number of fused-ring (bicyclic) bond motifs is 1. The Morgan fingerprint density at radius 1 is 0.692 bits per heavy atom. The maximum absolute atomic E-state index is 12.9. The second-order valence-corrected chi connectivity index (χ2v) is 6.16. The first-order valence-corrected chi connectivity index (χ1v) is 8.63. The van der Waals surface area contributed by atoms with Crippen molar-refractivity contribution in [3.05, 3.63) is 83.9 Å². The molecule has 0 saturated carbocycles. The molecule has 0 heterocycles. The molecular formula is C22H22N2O2. The first kappa shape index (κ1) is 17.7. The molecule has 4 heteroatoms. The first-order chi connectivity index (χ1) is 12.7. The highest BCUT2D eigenvalue weighted by molar-refractivity contribution is 5.98. The fourth-order valence-electron chi connectivity index (χ4n) is 3.46. The second-order valence-electron chi connectivity index (χ2n) is 6.16. The van der Waals surface area contributed by atoms with E-state index in [9.17, 15) is 9.59 Å². The van der Waals surface area contributed by atoms with Crippen molar-refractivity contribution in [2.45, 2.75) is 11.8 Å². The molecule has 132 valence electrons. The van der Waals surface area contributed by atoms with E-state index in [4.69, 9.17) is 0 Å². The van der Waals surface area contributed by atoms with E-state index in [-0.39, 0.29) is 11.8 Å². The highest BCUT2D eigenvalue weighted by Crippen LogP contribution is 2.37. The molecule has 4 nitrogen and oxygen atoms in total. The molecule has 0 fully saturated rings. The molecule has 3 rings (SSSR count). The summed E-state index contributed by atoms with van der Waals surface area (Å²) in [6, 6.07) is 23.2. The number of carbonyl (C=O) groups excluding carboxylic acids is 2. The normalized spacial score (nSPS) is 13.0. The fraction of sp³-hybridized carbons (Fsp3) is 0.182. The van der Waals surface area contributed by atoms with E-state index in [1.165, 1.54) is 0 Å². The summed E-state index contributed by atoms with van der Waals surface area (Å²) >= 11 is 0. The van der Waals surface area contributed by atoms with E-state index in [0.29, 0.717) is 0 Å². The zero-order valence-corrected chi connectivity index (χ0v) is 14.9. The second kappa shape index (κ2) is 7.83. The van der Waals surface area contributed by atoms with Gasteiger partial charge in [0.1, 0.15) is 0 Å². The fourth-order valence-corrected chi connectivity index (χ4v) is 3.46. The van der Waals surface area contributed by atoms with Gasteiger partial charge < -0.3 is 10.6 Å². The van der Waals surface area contributed by atoms with Gasteiger partial charge in [-0.2, -0.15) is 0 Å². The number of hydrogen-bond donors (Lipinski definition) is 2. The molecule has 0 bridgehead atoms. The molecule has 2 amide bonds. The number of rotatable bonds is 5.